The highest BCUT2D eigenvalue weighted by Crippen LogP contribution is 2.72. The summed E-state index contributed by atoms with van der Waals surface area (Å²) in [5, 5.41) is 0. The fraction of sp³-hybridized carbons (Fsp3) is 0.821. The molecule has 0 aliphatic heterocycles. The molecule has 0 amide bonds. The van der Waals surface area contributed by atoms with Crippen LogP contribution < -0.4 is 0 Å². The van der Waals surface area contributed by atoms with Gasteiger partial charge in [0.1, 0.15) is 6.10 Å². The molecule has 30 heavy (non-hydrogen) atoms. The number of carbonyl (C=O) groups excluding carboxylic acids is 1. The maximum Gasteiger partial charge on any atom is 0.302 e. The molecule has 2 heteroatoms. The Hall–Kier alpha value is -1.05. The number of hydrogen-bond acceptors (Lipinski definition) is 2. The number of carbonyl (C=O) groups is 1. The first-order valence-electron chi connectivity index (χ1n) is 12.4. The molecule has 0 aromatic rings. The summed E-state index contributed by atoms with van der Waals surface area (Å²) in [7, 11) is 0. The fourth-order valence-corrected chi connectivity index (χ4v) is 9.12. The average molecular weight is 413 g/mol. The quantitative estimate of drug-likeness (QED) is 0.354. The van der Waals surface area contributed by atoms with Crippen molar-refractivity contribution in [1.82, 2.24) is 0 Å². The molecule has 4 aliphatic carbocycles. The van der Waals surface area contributed by atoms with E-state index in [1.165, 1.54) is 38.5 Å². The second-order valence-corrected chi connectivity index (χ2v) is 12.4. The van der Waals surface area contributed by atoms with Crippen molar-refractivity contribution in [1.29, 1.82) is 0 Å². The van der Waals surface area contributed by atoms with Gasteiger partial charge in [-0.1, -0.05) is 58.8 Å². The van der Waals surface area contributed by atoms with Gasteiger partial charge in [-0.15, -0.1) is 6.58 Å². The van der Waals surface area contributed by atoms with Gasteiger partial charge in [-0.25, -0.2) is 0 Å². The van der Waals surface area contributed by atoms with E-state index in [0.29, 0.717) is 22.7 Å². The van der Waals surface area contributed by atoms with Gasteiger partial charge in [-0.2, -0.15) is 0 Å². The lowest BCUT2D eigenvalue weighted by molar-refractivity contribution is -0.167. The van der Waals surface area contributed by atoms with Crippen LogP contribution in [0.25, 0.3) is 0 Å². The number of allylic oxidation sites excluding steroid dienone is 3. The van der Waals surface area contributed by atoms with E-state index in [9.17, 15) is 4.79 Å². The predicted molar refractivity (Wildman–Crippen MR) is 124 cm³/mol. The summed E-state index contributed by atoms with van der Waals surface area (Å²) in [4.78, 5) is 11.7. The first-order chi connectivity index (χ1) is 13.9. The second kappa shape index (κ2) is 6.97. The van der Waals surface area contributed by atoms with Crippen LogP contribution in [0, 0.1) is 39.4 Å². The maximum atomic E-state index is 11.7. The molecule has 0 radical (unpaired) electrons. The van der Waals surface area contributed by atoms with Crippen LogP contribution in [0.5, 0.6) is 0 Å². The van der Waals surface area contributed by atoms with Gasteiger partial charge in [0.25, 0.3) is 0 Å². The lowest BCUT2D eigenvalue weighted by Gasteiger charge is -2.62. The molecule has 2 nitrogen and oxygen atoms in total. The van der Waals surface area contributed by atoms with E-state index in [1.807, 2.05) is 5.57 Å². The summed E-state index contributed by atoms with van der Waals surface area (Å²) >= 11 is 0. The largest absolute Gasteiger partial charge is 0.462 e. The molecule has 7 atom stereocenters. The lowest BCUT2D eigenvalue weighted by atomic mass is 9.43. The summed E-state index contributed by atoms with van der Waals surface area (Å²) < 4.78 is 5.83. The van der Waals surface area contributed by atoms with E-state index in [1.54, 1.807) is 12.5 Å². The normalized spacial score (nSPS) is 45.8. The van der Waals surface area contributed by atoms with Crippen LogP contribution in [0.3, 0.4) is 0 Å². The van der Waals surface area contributed by atoms with Gasteiger partial charge in [-0.05, 0) is 85.4 Å². The summed E-state index contributed by atoms with van der Waals surface area (Å²) in [5.41, 5.74) is 4.67. The number of hydrogen-bond donors (Lipinski definition) is 0. The zero-order valence-electron chi connectivity index (χ0n) is 20.6. The van der Waals surface area contributed by atoms with E-state index in [0.717, 1.165) is 18.8 Å². The highest BCUT2D eigenvalue weighted by molar-refractivity contribution is 5.66. The number of fused-ring (bicyclic) bond motifs is 4. The monoisotopic (exact) mass is 412 g/mol. The van der Waals surface area contributed by atoms with Crippen molar-refractivity contribution in [2.45, 2.75) is 106 Å². The fourth-order valence-electron chi connectivity index (χ4n) is 9.12. The highest BCUT2D eigenvalue weighted by atomic mass is 16.5. The maximum absolute atomic E-state index is 11.7. The van der Waals surface area contributed by atoms with Crippen LogP contribution in [-0.2, 0) is 9.53 Å². The van der Waals surface area contributed by atoms with E-state index in [2.05, 4.69) is 54.2 Å². The predicted octanol–water partition coefficient (Wildman–Crippen LogP) is 7.49. The van der Waals surface area contributed by atoms with Crippen LogP contribution in [0.1, 0.15) is 99.8 Å². The van der Waals surface area contributed by atoms with Crippen LogP contribution in [0.15, 0.2) is 23.8 Å². The number of rotatable bonds is 3. The Kier molecular flexibility index (Phi) is 5.15. The Morgan fingerprint density at radius 3 is 2.37 bits per heavy atom. The molecular formula is C28H44O2. The van der Waals surface area contributed by atoms with Gasteiger partial charge < -0.3 is 4.74 Å². The van der Waals surface area contributed by atoms with Gasteiger partial charge in [-0.3, -0.25) is 4.79 Å². The van der Waals surface area contributed by atoms with Gasteiger partial charge in [0.05, 0.1) is 0 Å². The summed E-state index contributed by atoms with van der Waals surface area (Å²) in [6.45, 7) is 20.6. The topological polar surface area (TPSA) is 26.3 Å². The molecular weight excluding hydrogens is 368 g/mol. The molecule has 0 spiro atoms. The molecule has 168 valence electrons. The molecule has 0 N–H and O–H groups in total. The van der Waals surface area contributed by atoms with Crippen molar-refractivity contribution in [2.24, 2.45) is 39.4 Å². The van der Waals surface area contributed by atoms with Gasteiger partial charge >= 0.3 is 5.97 Å². The van der Waals surface area contributed by atoms with Crippen molar-refractivity contribution in [3.05, 3.63) is 23.8 Å². The summed E-state index contributed by atoms with van der Waals surface area (Å²) in [5.74, 6) is 1.83. The Bertz CT molecular complexity index is 776. The zero-order valence-corrected chi connectivity index (χ0v) is 20.6. The van der Waals surface area contributed by atoms with Gasteiger partial charge in [0, 0.05) is 12.3 Å². The summed E-state index contributed by atoms with van der Waals surface area (Å²) in [6, 6.07) is 0. The smallest absolute Gasteiger partial charge is 0.302 e. The molecule has 0 saturated heterocycles. The van der Waals surface area contributed by atoms with E-state index < -0.39 is 0 Å². The summed E-state index contributed by atoms with van der Waals surface area (Å²) in [6.07, 6.45) is 12.2. The minimum Gasteiger partial charge on any atom is -0.462 e. The van der Waals surface area contributed by atoms with Crippen LogP contribution in [-0.4, -0.2) is 12.1 Å². The third-order valence-electron chi connectivity index (χ3n) is 11.1. The first kappa shape index (κ1) is 22.2. The van der Waals surface area contributed by atoms with Crippen LogP contribution >= 0.6 is 0 Å². The highest BCUT2D eigenvalue weighted by Gasteiger charge is 2.63. The minimum absolute atomic E-state index is 0.0361. The van der Waals surface area contributed by atoms with Gasteiger partial charge in [0.2, 0.25) is 0 Å². The first-order valence-corrected chi connectivity index (χ1v) is 12.4. The molecule has 0 unspecified atom stereocenters. The van der Waals surface area contributed by atoms with Crippen molar-refractivity contribution >= 4 is 5.97 Å². The van der Waals surface area contributed by atoms with Crippen LogP contribution in [0.2, 0.25) is 0 Å². The van der Waals surface area contributed by atoms with E-state index in [4.69, 9.17) is 4.74 Å². The standard InChI is InChI=1S/C28H44O2/c1-9-18(2)20-12-16-28(8)22-10-11-23-25(4,5)24(30-19(3)29)14-15-26(23,6)21(22)13-17-27(20,28)7/h9,18,20,23-24H,1,10-17H2,2-8H3/t18-,20-,23+,24+,26-,27-,28+/m1/s1. The molecule has 0 aromatic heterocycles. The zero-order chi connectivity index (χ0) is 22.1. The van der Waals surface area contributed by atoms with E-state index in [-0.39, 0.29) is 22.9 Å². The van der Waals surface area contributed by atoms with Crippen LogP contribution in [0.4, 0.5) is 0 Å². The molecule has 2 saturated carbocycles. The average Bonchev–Trinajstić information content (AvgIpc) is 2.95. The Balaban J connectivity index is 1.73. The number of ether oxygens (including phenoxy) is 1. The third kappa shape index (κ3) is 2.77. The molecule has 4 aliphatic rings. The number of esters is 1. The molecule has 4 rings (SSSR count). The van der Waals surface area contributed by atoms with Crippen molar-refractivity contribution < 1.29 is 9.53 Å². The lowest BCUT2D eigenvalue weighted by Crippen LogP contribution is -2.55. The molecule has 0 aromatic carbocycles. The second-order valence-electron chi connectivity index (χ2n) is 12.4. The molecule has 0 bridgehead atoms. The Labute approximate surface area is 184 Å². The Morgan fingerprint density at radius 1 is 1.03 bits per heavy atom. The third-order valence-corrected chi connectivity index (χ3v) is 11.1. The van der Waals surface area contributed by atoms with Crippen molar-refractivity contribution in [3.8, 4) is 0 Å². The Morgan fingerprint density at radius 2 is 1.73 bits per heavy atom. The SMILES string of the molecule is C=C[C@@H](C)[C@H]1CC[C@@]2(C)C3=C(CC[C@]12C)[C@@]1(C)CC[C@H](OC(C)=O)C(C)(C)[C@@H]1CC3. The van der Waals surface area contributed by atoms with Gasteiger partial charge in [0.15, 0.2) is 0 Å². The van der Waals surface area contributed by atoms with E-state index >= 15 is 0 Å². The molecule has 0 heterocycles. The minimum atomic E-state index is -0.123. The van der Waals surface area contributed by atoms with Crippen molar-refractivity contribution in [2.75, 3.05) is 0 Å². The molecule has 2 fully saturated rings. The van der Waals surface area contributed by atoms with Crippen molar-refractivity contribution in [3.63, 3.8) is 0 Å².